The monoisotopic (exact) mass is 442 g/mol. The van der Waals surface area contributed by atoms with Gasteiger partial charge in [-0.3, -0.25) is 0 Å². The van der Waals surface area contributed by atoms with Crippen LogP contribution in [0, 0.1) is 0 Å². The molecule has 1 aromatic heterocycles. The number of hydrogen-bond donors (Lipinski definition) is 0. The predicted octanol–water partition coefficient (Wildman–Crippen LogP) is 8.60. The zero-order valence-electron chi connectivity index (χ0n) is 17.8. The Bertz CT molecular complexity index is 1680. The van der Waals surface area contributed by atoms with Crippen molar-refractivity contribution in [3.8, 4) is 11.1 Å². The zero-order chi connectivity index (χ0) is 22.0. The molecule has 5 aromatic carbocycles. The molecule has 1 atom stereocenters. The fourth-order valence-electron chi connectivity index (χ4n) is 5.79. The molecule has 6 aromatic rings. The van der Waals surface area contributed by atoms with Gasteiger partial charge in [0.25, 0.3) is 0 Å². The number of para-hydroxylation sites is 1. The number of rotatable bonds is 2. The summed E-state index contributed by atoms with van der Waals surface area (Å²) in [4.78, 5) is 0. The Morgan fingerprint density at radius 3 is 2.15 bits per heavy atom. The summed E-state index contributed by atoms with van der Waals surface area (Å²) in [6.07, 6.45) is 0. The summed E-state index contributed by atoms with van der Waals surface area (Å²) in [5, 5.41) is 3.05. The van der Waals surface area contributed by atoms with Gasteiger partial charge < -0.3 is 4.42 Å². The molecule has 1 unspecified atom stereocenters. The average Bonchev–Trinajstić information content (AvgIpc) is 3.38. The van der Waals surface area contributed by atoms with Crippen LogP contribution in [-0.2, 0) is 5.41 Å². The van der Waals surface area contributed by atoms with Gasteiger partial charge in [0.1, 0.15) is 11.2 Å². The first-order valence-corrected chi connectivity index (χ1v) is 11.5. The van der Waals surface area contributed by atoms with E-state index in [1.54, 1.807) is 0 Å². The van der Waals surface area contributed by atoms with Gasteiger partial charge >= 0.3 is 0 Å². The molecule has 0 aliphatic heterocycles. The number of benzene rings is 5. The van der Waals surface area contributed by atoms with Crippen LogP contribution in [0.4, 0.5) is 0 Å². The highest BCUT2D eigenvalue weighted by atomic mass is 35.5. The summed E-state index contributed by atoms with van der Waals surface area (Å²) in [7, 11) is 0. The van der Waals surface area contributed by atoms with Crippen LogP contribution in [0.15, 0.2) is 120 Å². The van der Waals surface area contributed by atoms with Crippen molar-refractivity contribution in [2.24, 2.45) is 0 Å². The summed E-state index contributed by atoms with van der Waals surface area (Å²) in [5.41, 5.74) is 8.72. The molecular weight excluding hydrogens is 424 g/mol. The second-order valence-corrected chi connectivity index (χ2v) is 9.06. The Labute approximate surface area is 196 Å². The fraction of sp³-hybridized carbons (Fsp3) is 0.0323. The lowest BCUT2D eigenvalue weighted by Crippen LogP contribution is -2.28. The van der Waals surface area contributed by atoms with E-state index in [9.17, 15) is 0 Å². The van der Waals surface area contributed by atoms with Crippen LogP contribution in [0.1, 0.15) is 22.3 Å². The number of fused-ring (bicyclic) bond motifs is 6. The third-order valence-electron chi connectivity index (χ3n) is 7.02. The van der Waals surface area contributed by atoms with Crippen molar-refractivity contribution >= 4 is 33.5 Å². The van der Waals surface area contributed by atoms with E-state index in [1.165, 1.54) is 33.4 Å². The summed E-state index contributed by atoms with van der Waals surface area (Å²) < 4.78 is 6.31. The average molecular weight is 443 g/mol. The Kier molecular flexibility index (Phi) is 3.88. The van der Waals surface area contributed by atoms with Crippen LogP contribution >= 0.6 is 11.6 Å². The highest BCUT2D eigenvalue weighted by Crippen LogP contribution is 2.58. The molecule has 33 heavy (non-hydrogen) atoms. The van der Waals surface area contributed by atoms with Crippen molar-refractivity contribution in [2.45, 2.75) is 5.41 Å². The SMILES string of the molecule is Clc1ccc2c(c1)-c1ccccc1C2(c1ccccc1)c1cccc2oc3ccccc3c12. The first kappa shape index (κ1) is 18.7. The molecule has 0 bridgehead atoms. The van der Waals surface area contributed by atoms with Crippen molar-refractivity contribution in [1.29, 1.82) is 0 Å². The van der Waals surface area contributed by atoms with Gasteiger partial charge in [0.05, 0.1) is 5.41 Å². The number of hydrogen-bond acceptors (Lipinski definition) is 1. The maximum Gasteiger partial charge on any atom is 0.135 e. The second kappa shape index (κ2) is 6.84. The Balaban J connectivity index is 1.74. The van der Waals surface area contributed by atoms with Crippen LogP contribution in [0.5, 0.6) is 0 Å². The Morgan fingerprint density at radius 2 is 1.24 bits per heavy atom. The first-order valence-electron chi connectivity index (χ1n) is 11.1. The van der Waals surface area contributed by atoms with Crippen LogP contribution in [0.3, 0.4) is 0 Å². The van der Waals surface area contributed by atoms with Gasteiger partial charge in [-0.05, 0) is 57.6 Å². The largest absolute Gasteiger partial charge is 0.456 e. The third-order valence-corrected chi connectivity index (χ3v) is 7.26. The van der Waals surface area contributed by atoms with E-state index in [2.05, 4.69) is 97.1 Å². The first-order chi connectivity index (χ1) is 16.3. The minimum Gasteiger partial charge on any atom is -0.456 e. The van der Waals surface area contributed by atoms with Gasteiger partial charge in [0.2, 0.25) is 0 Å². The van der Waals surface area contributed by atoms with Crippen molar-refractivity contribution in [1.82, 2.24) is 0 Å². The zero-order valence-corrected chi connectivity index (χ0v) is 18.5. The van der Waals surface area contributed by atoms with Crippen molar-refractivity contribution in [3.63, 3.8) is 0 Å². The van der Waals surface area contributed by atoms with Gasteiger partial charge in [0.15, 0.2) is 0 Å². The number of halogens is 1. The highest BCUT2D eigenvalue weighted by Gasteiger charge is 2.47. The minimum absolute atomic E-state index is 0.482. The molecule has 0 radical (unpaired) electrons. The van der Waals surface area contributed by atoms with E-state index in [4.69, 9.17) is 16.0 Å². The van der Waals surface area contributed by atoms with Crippen molar-refractivity contribution in [3.05, 3.63) is 143 Å². The van der Waals surface area contributed by atoms with Crippen LogP contribution in [-0.4, -0.2) is 0 Å². The molecule has 156 valence electrons. The summed E-state index contributed by atoms with van der Waals surface area (Å²) in [6, 6.07) is 40.6. The smallest absolute Gasteiger partial charge is 0.135 e. The topological polar surface area (TPSA) is 13.1 Å². The molecule has 1 heterocycles. The van der Waals surface area contributed by atoms with Gasteiger partial charge in [-0.1, -0.05) is 103 Å². The van der Waals surface area contributed by atoms with Gasteiger partial charge in [0, 0.05) is 15.8 Å². The lowest BCUT2D eigenvalue weighted by Gasteiger charge is -2.34. The third kappa shape index (κ3) is 2.43. The molecular formula is C31H19ClO. The van der Waals surface area contributed by atoms with E-state index in [-0.39, 0.29) is 0 Å². The van der Waals surface area contributed by atoms with Crippen molar-refractivity contribution in [2.75, 3.05) is 0 Å². The summed E-state index contributed by atoms with van der Waals surface area (Å²) in [5.74, 6) is 0. The maximum atomic E-state index is 6.52. The van der Waals surface area contributed by atoms with E-state index in [0.717, 1.165) is 27.0 Å². The molecule has 0 N–H and O–H groups in total. The van der Waals surface area contributed by atoms with Gasteiger partial charge in [-0.25, -0.2) is 0 Å². The summed E-state index contributed by atoms with van der Waals surface area (Å²) in [6.45, 7) is 0. The molecule has 7 rings (SSSR count). The van der Waals surface area contributed by atoms with E-state index in [1.807, 2.05) is 18.2 Å². The Morgan fingerprint density at radius 1 is 0.545 bits per heavy atom. The molecule has 1 aliphatic rings. The van der Waals surface area contributed by atoms with E-state index < -0.39 is 5.41 Å². The van der Waals surface area contributed by atoms with E-state index in [0.29, 0.717) is 0 Å². The molecule has 0 saturated carbocycles. The number of furan rings is 1. The normalized spacial score (nSPS) is 16.8. The fourth-order valence-corrected chi connectivity index (χ4v) is 5.96. The van der Waals surface area contributed by atoms with Gasteiger partial charge in [-0.2, -0.15) is 0 Å². The minimum atomic E-state index is -0.482. The van der Waals surface area contributed by atoms with Crippen molar-refractivity contribution < 1.29 is 4.42 Å². The molecule has 0 spiro atoms. The summed E-state index contributed by atoms with van der Waals surface area (Å²) >= 11 is 6.52. The quantitative estimate of drug-likeness (QED) is 0.261. The van der Waals surface area contributed by atoms with Gasteiger partial charge in [-0.15, -0.1) is 0 Å². The molecule has 2 heteroatoms. The molecule has 0 fully saturated rings. The standard InChI is InChI=1S/C31H19ClO/c32-21-17-18-26-24(19-21)22-11-4-6-13-25(22)31(26,20-9-2-1-3-10-20)27-14-8-16-29-30(27)23-12-5-7-15-28(23)33-29/h1-19H. The molecule has 1 aliphatic carbocycles. The predicted molar refractivity (Wildman–Crippen MR) is 136 cm³/mol. The lowest BCUT2D eigenvalue weighted by atomic mass is 9.66. The Hall–Kier alpha value is -3.81. The highest BCUT2D eigenvalue weighted by molar-refractivity contribution is 6.31. The second-order valence-electron chi connectivity index (χ2n) is 8.63. The van der Waals surface area contributed by atoms with Crippen LogP contribution < -0.4 is 0 Å². The van der Waals surface area contributed by atoms with E-state index >= 15 is 0 Å². The molecule has 1 nitrogen and oxygen atoms in total. The molecule has 0 saturated heterocycles. The van der Waals surface area contributed by atoms with Crippen LogP contribution in [0.25, 0.3) is 33.1 Å². The van der Waals surface area contributed by atoms with Crippen LogP contribution in [0.2, 0.25) is 5.02 Å². The maximum absolute atomic E-state index is 6.52. The molecule has 0 amide bonds. The lowest BCUT2D eigenvalue weighted by molar-refractivity contribution is 0.667.